The van der Waals surface area contributed by atoms with Crippen LogP contribution in [0.5, 0.6) is 0 Å². The predicted octanol–water partition coefficient (Wildman–Crippen LogP) is 4.66. The Morgan fingerprint density at radius 1 is 1.19 bits per heavy atom. The van der Waals surface area contributed by atoms with Crippen molar-refractivity contribution in [2.75, 3.05) is 10.5 Å². The Labute approximate surface area is 187 Å². The smallest absolute Gasteiger partial charge is 0.349 e. The zero-order valence-electron chi connectivity index (χ0n) is 17.2. The quantitative estimate of drug-likeness (QED) is 0.436. The van der Waals surface area contributed by atoms with Crippen LogP contribution in [-0.2, 0) is 5.41 Å². The van der Waals surface area contributed by atoms with Gasteiger partial charge in [-0.2, -0.15) is 0 Å². The van der Waals surface area contributed by atoms with Crippen molar-refractivity contribution < 1.29 is 14.4 Å². The number of carbonyl (C=O) groups is 1. The van der Waals surface area contributed by atoms with E-state index in [4.69, 9.17) is 14.6 Å². The zero-order chi connectivity index (χ0) is 22.0. The first kappa shape index (κ1) is 19.9. The summed E-state index contributed by atoms with van der Waals surface area (Å²) >= 11 is 1.38. The standard InChI is InChI=1S/C23H22N3O5S/c27-20(17-7-15-6-16(26(29)30)1-2-18(15)31-21(17)28)25-22-24-19(11-32-22)23-8-12-3-13(9-23)5-14(4-12)10-23/h1-2,6-7,11-14,29H,3-5,8-10H2,(H,24,25,27)/q-1. The molecule has 0 aliphatic heterocycles. The molecule has 2 heterocycles. The SMILES string of the molecule is O=C(Nc1nc(C23CC4CC(CC(C4)C2)C3)cs1)c1cc2cc(N([O-])O)ccc2oc1=O. The highest BCUT2D eigenvalue weighted by Gasteiger charge is 2.52. The van der Waals surface area contributed by atoms with Gasteiger partial charge in [-0.05, 0) is 80.5 Å². The fourth-order valence-electron chi connectivity index (χ4n) is 6.55. The summed E-state index contributed by atoms with van der Waals surface area (Å²) < 4.78 is 5.22. The van der Waals surface area contributed by atoms with Crippen LogP contribution < -0.4 is 16.2 Å². The molecular weight excluding hydrogens is 430 g/mol. The highest BCUT2D eigenvalue weighted by Crippen LogP contribution is 2.60. The molecule has 1 amide bonds. The van der Waals surface area contributed by atoms with E-state index in [0.717, 1.165) is 23.4 Å². The van der Waals surface area contributed by atoms with Crippen LogP contribution in [0, 0.1) is 23.0 Å². The number of nitrogens with zero attached hydrogens (tertiary/aromatic N) is 2. The molecule has 4 aliphatic carbocycles. The molecule has 4 bridgehead atoms. The average molecular weight is 453 g/mol. The van der Waals surface area contributed by atoms with E-state index in [9.17, 15) is 14.8 Å². The molecule has 32 heavy (non-hydrogen) atoms. The van der Waals surface area contributed by atoms with Gasteiger partial charge in [0, 0.05) is 16.2 Å². The molecule has 0 spiro atoms. The molecule has 3 aromatic rings. The Morgan fingerprint density at radius 2 is 1.88 bits per heavy atom. The summed E-state index contributed by atoms with van der Waals surface area (Å²) in [5.74, 6) is 1.80. The first-order valence-electron chi connectivity index (χ1n) is 10.9. The number of anilines is 2. The summed E-state index contributed by atoms with van der Waals surface area (Å²) in [6, 6.07) is 5.42. The molecule has 4 fully saturated rings. The number of amides is 1. The summed E-state index contributed by atoms with van der Waals surface area (Å²) in [7, 11) is 0. The molecule has 4 aliphatic rings. The van der Waals surface area contributed by atoms with Gasteiger partial charge in [-0.3, -0.25) is 15.3 Å². The van der Waals surface area contributed by atoms with Crippen molar-refractivity contribution in [3.63, 3.8) is 0 Å². The average Bonchev–Trinajstić information content (AvgIpc) is 3.21. The molecule has 2 N–H and O–H groups in total. The highest BCUT2D eigenvalue weighted by atomic mass is 32.1. The Balaban J connectivity index is 1.26. The van der Waals surface area contributed by atoms with Crippen molar-refractivity contribution in [2.45, 2.75) is 43.9 Å². The van der Waals surface area contributed by atoms with Crippen molar-refractivity contribution in [3.8, 4) is 0 Å². The highest BCUT2D eigenvalue weighted by molar-refractivity contribution is 7.14. The van der Waals surface area contributed by atoms with Gasteiger partial charge < -0.3 is 14.9 Å². The van der Waals surface area contributed by atoms with E-state index in [2.05, 4.69) is 10.7 Å². The maximum Gasteiger partial charge on any atom is 0.349 e. The molecule has 1 aromatic carbocycles. The molecule has 7 rings (SSSR count). The van der Waals surface area contributed by atoms with Gasteiger partial charge >= 0.3 is 5.63 Å². The maximum atomic E-state index is 12.8. The molecule has 0 atom stereocenters. The van der Waals surface area contributed by atoms with Gasteiger partial charge in [0.25, 0.3) is 5.91 Å². The van der Waals surface area contributed by atoms with E-state index in [-0.39, 0.29) is 27.5 Å². The van der Waals surface area contributed by atoms with Crippen LogP contribution in [0.4, 0.5) is 10.8 Å². The first-order chi connectivity index (χ1) is 15.4. The zero-order valence-corrected chi connectivity index (χ0v) is 18.1. The molecule has 4 saturated carbocycles. The molecule has 0 radical (unpaired) electrons. The van der Waals surface area contributed by atoms with Crippen molar-refractivity contribution >= 4 is 39.0 Å². The van der Waals surface area contributed by atoms with Gasteiger partial charge in [0.1, 0.15) is 11.1 Å². The summed E-state index contributed by atoms with van der Waals surface area (Å²) in [5.41, 5.74) is 0.445. The lowest BCUT2D eigenvalue weighted by molar-refractivity contribution is -0.00688. The Morgan fingerprint density at radius 3 is 2.53 bits per heavy atom. The molecule has 2 aromatic heterocycles. The van der Waals surface area contributed by atoms with Crippen molar-refractivity contribution in [1.29, 1.82) is 0 Å². The second kappa shape index (κ2) is 7.13. The Kier molecular flexibility index (Phi) is 4.43. The van der Waals surface area contributed by atoms with Gasteiger partial charge in [-0.25, -0.2) is 9.78 Å². The number of carbonyl (C=O) groups excluding carboxylic acids is 1. The van der Waals surface area contributed by atoms with Crippen LogP contribution in [-0.4, -0.2) is 16.1 Å². The third kappa shape index (κ3) is 3.23. The number of benzene rings is 1. The number of thiazole rings is 1. The lowest BCUT2D eigenvalue weighted by Gasteiger charge is -2.56. The van der Waals surface area contributed by atoms with Crippen LogP contribution >= 0.6 is 11.3 Å². The number of nitrogens with one attached hydrogen (secondary N) is 1. The van der Waals surface area contributed by atoms with E-state index in [1.54, 1.807) is 0 Å². The number of aromatic nitrogens is 1. The van der Waals surface area contributed by atoms with E-state index >= 15 is 0 Å². The third-order valence-electron chi connectivity index (χ3n) is 7.49. The van der Waals surface area contributed by atoms with E-state index in [1.807, 2.05) is 0 Å². The topological polar surface area (TPSA) is 119 Å². The van der Waals surface area contributed by atoms with Crippen LogP contribution in [0.2, 0.25) is 0 Å². The van der Waals surface area contributed by atoms with Crippen LogP contribution in [0.15, 0.2) is 38.9 Å². The predicted molar refractivity (Wildman–Crippen MR) is 120 cm³/mol. The normalized spacial score (nSPS) is 28.2. The second-order valence-electron chi connectivity index (χ2n) is 9.63. The van der Waals surface area contributed by atoms with E-state index in [1.165, 1.54) is 74.1 Å². The summed E-state index contributed by atoms with van der Waals surface area (Å²) in [4.78, 5) is 29.9. The second-order valence-corrected chi connectivity index (χ2v) is 10.5. The minimum absolute atomic E-state index is 0.0298. The largest absolute Gasteiger partial charge is 0.733 e. The molecule has 0 saturated heterocycles. The van der Waals surface area contributed by atoms with E-state index in [0.29, 0.717) is 10.5 Å². The van der Waals surface area contributed by atoms with Crippen molar-refractivity contribution in [2.24, 2.45) is 17.8 Å². The minimum Gasteiger partial charge on any atom is -0.733 e. The molecule has 8 nitrogen and oxygen atoms in total. The van der Waals surface area contributed by atoms with Crippen LogP contribution in [0.25, 0.3) is 11.0 Å². The number of hydrogen-bond donors (Lipinski definition) is 2. The lowest BCUT2D eigenvalue weighted by atomic mass is 9.49. The number of hydrogen-bond acceptors (Lipinski definition) is 8. The van der Waals surface area contributed by atoms with Gasteiger partial charge in [0.2, 0.25) is 0 Å². The number of fused-ring (bicyclic) bond motifs is 1. The van der Waals surface area contributed by atoms with Gasteiger partial charge in [-0.15, -0.1) is 11.3 Å². The Hall–Kier alpha value is -2.75. The van der Waals surface area contributed by atoms with Crippen molar-refractivity contribution in [1.82, 2.24) is 4.98 Å². The van der Waals surface area contributed by atoms with Gasteiger partial charge in [0.05, 0.1) is 11.4 Å². The number of rotatable bonds is 4. The molecule has 0 unspecified atom stereocenters. The van der Waals surface area contributed by atoms with Gasteiger partial charge in [-0.1, -0.05) is 0 Å². The monoisotopic (exact) mass is 452 g/mol. The fourth-order valence-corrected chi connectivity index (χ4v) is 7.38. The van der Waals surface area contributed by atoms with Crippen LogP contribution in [0.1, 0.15) is 54.6 Å². The van der Waals surface area contributed by atoms with E-state index < -0.39 is 11.5 Å². The summed E-state index contributed by atoms with van der Waals surface area (Å²) in [6.45, 7) is 0. The summed E-state index contributed by atoms with van der Waals surface area (Å²) in [5, 5.41) is 25.6. The van der Waals surface area contributed by atoms with Crippen LogP contribution in [0.3, 0.4) is 0 Å². The molecule has 9 heteroatoms. The summed E-state index contributed by atoms with van der Waals surface area (Å²) in [6.07, 6.45) is 7.63. The van der Waals surface area contributed by atoms with Gasteiger partial charge in [0.15, 0.2) is 5.13 Å². The van der Waals surface area contributed by atoms with Crippen molar-refractivity contribution in [3.05, 3.63) is 56.5 Å². The molecular formula is C23H22N3O5S-. The maximum absolute atomic E-state index is 12.8. The molecule has 166 valence electrons. The minimum atomic E-state index is -0.774. The third-order valence-corrected chi connectivity index (χ3v) is 8.25. The lowest BCUT2D eigenvalue weighted by Crippen LogP contribution is -2.48. The fraction of sp³-hybridized carbons (Fsp3) is 0.435. The Bertz CT molecular complexity index is 1240. The first-order valence-corrected chi connectivity index (χ1v) is 11.8.